The number of hydrogen-bond acceptors (Lipinski definition) is 6. The van der Waals surface area contributed by atoms with Crippen molar-refractivity contribution in [2.75, 3.05) is 29.9 Å². The summed E-state index contributed by atoms with van der Waals surface area (Å²) >= 11 is 0. The number of amides is 3. The summed E-state index contributed by atoms with van der Waals surface area (Å²) in [5.74, 6) is -1.42. The van der Waals surface area contributed by atoms with Gasteiger partial charge in [-0.1, -0.05) is 25.5 Å². The van der Waals surface area contributed by atoms with Gasteiger partial charge in [0.2, 0.25) is 5.91 Å². The Morgan fingerprint density at radius 1 is 1.12 bits per heavy atom. The summed E-state index contributed by atoms with van der Waals surface area (Å²) in [6.45, 7) is 3.53. The molecule has 3 rings (SSSR count). The molecule has 2 aromatic rings. The fourth-order valence-electron chi connectivity index (χ4n) is 3.23. The molecule has 33 heavy (non-hydrogen) atoms. The van der Waals surface area contributed by atoms with Crippen LogP contribution in [0.1, 0.15) is 37.0 Å². The fraction of sp³-hybridized carbons (Fsp3) is 0.333. The Labute approximate surface area is 192 Å². The number of carbonyl (C=O) groups excluding carboxylic acids is 4. The minimum atomic E-state index is -1.13. The molecule has 1 aliphatic heterocycles. The number of rotatable bonds is 9. The molecule has 0 saturated heterocycles. The number of unbranched alkanes of at least 4 members (excludes halogenated alkanes) is 1. The molecule has 2 aromatic carbocycles. The zero-order chi connectivity index (χ0) is 23.8. The molecular weight excluding hydrogens is 426 g/mol. The minimum absolute atomic E-state index is 0.174. The van der Waals surface area contributed by atoms with Crippen LogP contribution in [-0.2, 0) is 19.1 Å². The molecule has 1 unspecified atom stereocenters. The fourth-order valence-corrected chi connectivity index (χ4v) is 3.23. The van der Waals surface area contributed by atoms with E-state index >= 15 is 0 Å². The van der Waals surface area contributed by atoms with Crippen molar-refractivity contribution in [2.45, 2.75) is 32.8 Å². The molecule has 0 bridgehead atoms. The van der Waals surface area contributed by atoms with Crippen molar-refractivity contribution in [3.05, 3.63) is 54.1 Å². The van der Waals surface area contributed by atoms with Crippen LogP contribution in [0.4, 0.5) is 11.4 Å². The molecule has 9 nitrogen and oxygen atoms in total. The van der Waals surface area contributed by atoms with Gasteiger partial charge in [0.05, 0.1) is 18.0 Å². The smallest absolute Gasteiger partial charge is 0.326 e. The molecule has 0 saturated carbocycles. The highest BCUT2D eigenvalue weighted by Crippen LogP contribution is 2.29. The number of hydrogen-bond donors (Lipinski definition) is 2. The maximum absolute atomic E-state index is 12.8. The molecule has 0 aromatic heterocycles. The third-order valence-corrected chi connectivity index (χ3v) is 4.97. The van der Waals surface area contributed by atoms with Crippen LogP contribution in [-0.4, -0.2) is 49.5 Å². The molecule has 1 aliphatic rings. The first-order chi connectivity index (χ1) is 15.9. The Morgan fingerprint density at radius 2 is 1.85 bits per heavy atom. The van der Waals surface area contributed by atoms with Crippen molar-refractivity contribution in [1.82, 2.24) is 5.32 Å². The molecule has 9 heteroatoms. The standard InChI is InChI=1S/C24H27N3O6/c1-3-4-13-32-18-11-9-17(10-12-18)23(30)25-14-22(29)33-16(2)24(31)27-15-21(28)26-19-7-5-6-8-20(19)27/h5-12,16H,3-4,13-15H2,1-2H3,(H,25,30)(H,26,28). The van der Waals surface area contributed by atoms with Gasteiger partial charge in [0, 0.05) is 5.56 Å². The molecule has 0 aliphatic carbocycles. The van der Waals surface area contributed by atoms with Gasteiger partial charge in [-0.2, -0.15) is 0 Å². The first kappa shape index (κ1) is 23.8. The molecule has 2 N–H and O–H groups in total. The lowest BCUT2D eigenvalue weighted by Gasteiger charge is -2.30. The molecule has 174 valence electrons. The van der Waals surface area contributed by atoms with E-state index in [0.717, 1.165) is 12.8 Å². The van der Waals surface area contributed by atoms with Crippen LogP contribution in [0, 0.1) is 0 Å². The molecule has 0 spiro atoms. The van der Waals surface area contributed by atoms with Gasteiger partial charge in [-0.3, -0.25) is 24.1 Å². The number of ether oxygens (including phenoxy) is 2. The lowest BCUT2D eigenvalue weighted by atomic mass is 10.1. The number of esters is 1. The summed E-state index contributed by atoms with van der Waals surface area (Å²) in [7, 11) is 0. The van der Waals surface area contributed by atoms with E-state index in [1.807, 2.05) is 0 Å². The van der Waals surface area contributed by atoms with Crippen LogP contribution in [0.3, 0.4) is 0 Å². The number of carbonyl (C=O) groups is 4. The second-order valence-electron chi connectivity index (χ2n) is 7.53. The van der Waals surface area contributed by atoms with Crippen LogP contribution >= 0.6 is 0 Å². The molecule has 3 amide bonds. The van der Waals surface area contributed by atoms with Gasteiger partial charge in [0.15, 0.2) is 6.10 Å². The van der Waals surface area contributed by atoms with Crippen molar-refractivity contribution < 1.29 is 28.7 Å². The van der Waals surface area contributed by atoms with Gasteiger partial charge >= 0.3 is 5.97 Å². The first-order valence-corrected chi connectivity index (χ1v) is 10.8. The third-order valence-electron chi connectivity index (χ3n) is 4.97. The quantitative estimate of drug-likeness (QED) is 0.446. The number of nitrogens with zero attached hydrogens (tertiary/aromatic N) is 1. The summed E-state index contributed by atoms with van der Waals surface area (Å²) in [6.07, 6.45) is 0.845. The van der Waals surface area contributed by atoms with Gasteiger partial charge in [-0.05, 0) is 49.7 Å². The zero-order valence-corrected chi connectivity index (χ0v) is 18.6. The van der Waals surface area contributed by atoms with Crippen LogP contribution in [0.25, 0.3) is 0 Å². The number of anilines is 2. The molecule has 1 heterocycles. The van der Waals surface area contributed by atoms with E-state index in [0.29, 0.717) is 29.3 Å². The van der Waals surface area contributed by atoms with Gasteiger partial charge in [0.25, 0.3) is 11.8 Å². The van der Waals surface area contributed by atoms with E-state index in [1.165, 1.54) is 11.8 Å². The summed E-state index contributed by atoms with van der Waals surface area (Å²) < 4.78 is 10.7. The van der Waals surface area contributed by atoms with Crippen molar-refractivity contribution in [2.24, 2.45) is 0 Å². The number of nitrogens with one attached hydrogen (secondary N) is 2. The largest absolute Gasteiger partial charge is 0.494 e. The second-order valence-corrected chi connectivity index (χ2v) is 7.53. The third kappa shape index (κ3) is 6.31. The summed E-state index contributed by atoms with van der Waals surface area (Å²) in [5.41, 5.74) is 1.40. The zero-order valence-electron chi connectivity index (χ0n) is 18.6. The molecule has 0 fully saturated rings. The summed E-state index contributed by atoms with van der Waals surface area (Å²) in [6, 6.07) is 13.5. The van der Waals surface area contributed by atoms with Crippen molar-refractivity contribution in [1.29, 1.82) is 0 Å². The summed E-state index contributed by atoms with van der Waals surface area (Å²) in [5, 5.41) is 5.17. The van der Waals surface area contributed by atoms with Crippen LogP contribution in [0.15, 0.2) is 48.5 Å². The van der Waals surface area contributed by atoms with Crippen LogP contribution < -0.4 is 20.3 Å². The highest BCUT2D eigenvalue weighted by atomic mass is 16.5. The Bertz CT molecular complexity index is 1020. The average Bonchev–Trinajstić information content (AvgIpc) is 2.82. The van der Waals surface area contributed by atoms with Crippen LogP contribution in [0.2, 0.25) is 0 Å². The highest BCUT2D eigenvalue weighted by Gasteiger charge is 2.31. The van der Waals surface area contributed by atoms with E-state index in [1.54, 1.807) is 48.5 Å². The van der Waals surface area contributed by atoms with Gasteiger partial charge in [-0.15, -0.1) is 0 Å². The molecule has 0 radical (unpaired) electrons. The van der Waals surface area contributed by atoms with Crippen molar-refractivity contribution in [3.63, 3.8) is 0 Å². The van der Waals surface area contributed by atoms with Gasteiger partial charge < -0.3 is 20.1 Å². The van der Waals surface area contributed by atoms with Crippen molar-refractivity contribution >= 4 is 35.1 Å². The normalized spacial score (nSPS) is 13.4. The van der Waals surface area contributed by atoms with E-state index < -0.39 is 30.4 Å². The van der Waals surface area contributed by atoms with E-state index in [9.17, 15) is 19.2 Å². The van der Waals surface area contributed by atoms with Crippen LogP contribution in [0.5, 0.6) is 5.75 Å². The summed E-state index contributed by atoms with van der Waals surface area (Å²) in [4.78, 5) is 50.4. The van der Waals surface area contributed by atoms with Gasteiger partial charge in [0.1, 0.15) is 18.8 Å². The van der Waals surface area contributed by atoms with Crippen molar-refractivity contribution in [3.8, 4) is 5.75 Å². The predicted octanol–water partition coefficient (Wildman–Crippen LogP) is 2.51. The highest BCUT2D eigenvalue weighted by molar-refractivity contribution is 6.11. The molecular formula is C24H27N3O6. The topological polar surface area (TPSA) is 114 Å². The lowest BCUT2D eigenvalue weighted by Crippen LogP contribution is -2.47. The number of benzene rings is 2. The minimum Gasteiger partial charge on any atom is -0.494 e. The maximum atomic E-state index is 12.8. The second kappa shape index (κ2) is 11.1. The first-order valence-electron chi connectivity index (χ1n) is 10.8. The lowest BCUT2D eigenvalue weighted by molar-refractivity contribution is -0.152. The number of para-hydroxylation sites is 2. The van der Waals surface area contributed by atoms with E-state index in [4.69, 9.17) is 9.47 Å². The SMILES string of the molecule is CCCCOc1ccc(C(=O)NCC(=O)OC(C)C(=O)N2CC(=O)Nc3ccccc32)cc1. The Morgan fingerprint density at radius 3 is 2.58 bits per heavy atom. The van der Waals surface area contributed by atoms with E-state index in [-0.39, 0.29) is 12.5 Å². The van der Waals surface area contributed by atoms with Gasteiger partial charge in [-0.25, -0.2) is 0 Å². The molecule has 1 atom stereocenters. The predicted molar refractivity (Wildman–Crippen MR) is 122 cm³/mol. The Kier molecular flexibility index (Phi) is 8.01. The maximum Gasteiger partial charge on any atom is 0.326 e. The number of fused-ring (bicyclic) bond motifs is 1. The van der Waals surface area contributed by atoms with E-state index in [2.05, 4.69) is 17.6 Å². The Balaban J connectivity index is 1.50. The average molecular weight is 453 g/mol. The Hall–Kier alpha value is -3.88. The monoisotopic (exact) mass is 453 g/mol.